The lowest BCUT2D eigenvalue weighted by Crippen LogP contribution is -2.33. The summed E-state index contributed by atoms with van der Waals surface area (Å²) in [6.45, 7) is 2.30. The molecule has 1 aliphatic rings. The van der Waals surface area contributed by atoms with Gasteiger partial charge in [0.2, 0.25) is 0 Å². The van der Waals surface area contributed by atoms with Gasteiger partial charge in [0.1, 0.15) is 24.6 Å². The van der Waals surface area contributed by atoms with Crippen LogP contribution in [0.4, 0.5) is 5.82 Å². The van der Waals surface area contributed by atoms with Crippen LogP contribution in [0, 0.1) is 5.92 Å². The average molecular weight is 353 g/mol. The molecule has 0 spiro atoms. The Kier molecular flexibility index (Phi) is 5.45. The molecule has 5 atom stereocenters. The topological polar surface area (TPSA) is 146 Å². The molecule has 3 rings (SSSR count). The Morgan fingerprint density at radius 2 is 2.04 bits per heavy atom. The van der Waals surface area contributed by atoms with E-state index in [1.807, 2.05) is 6.92 Å². The summed E-state index contributed by atoms with van der Waals surface area (Å²) in [5.74, 6) is 0.724. The summed E-state index contributed by atoms with van der Waals surface area (Å²) in [6, 6.07) is 0. The molecule has 3 heterocycles. The molecule has 1 unspecified atom stereocenters. The SMILES string of the molecule is CC(CO)CCNc1ncnc2c1ncn2[C@@H]1O[C@H](CO)[C@H](O)[C@@H]1O. The maximum atomic E-state index is 10.2. The molecule has 5 N–H and O–H groups in total. The maximum Gasteiger partial charge on any atom is 0.167 e. The average Bonchev–Trinajstić information content (AvgIpc) is 3.17. The van der Waals surface area contributed by atoms with E-state index in [0.29, 0.717) is 23.5 Å². The van der Waals surface area contributed by atoms with Gasteiger partial charge >= 0.3 is 0 Å². The maximum absolute atomic E-state index is 10.2. The number of hydrogen-bond donors (Lipinski definition) is 5. The lowest BCUT2D eigenvalue weighted by molar-refractivity contribution is -0.0511. The minimum Gasteiger partial charge on any atom is -0.396 e. The fourth-order valence-corrected chi connectivity index (χ4v) is 2.81. The molecular weight excluding hydrogens is 330 g/mol. The van der Waals surface area contributed by atoms with Crippen molar-refractivity contribution in [3.63, 3.8) is 0 Å². The Balaban J connectivity index is 1.81. The van der Waals surface area contributed by atoms with Crippen LogP contribution in [0.25, 0.3) is 11.2 Å². The van der Waals surface area contributed by atoms with Gasteiger partial charge < -0.3 is 30.5 Å². The monoisotopic (exact) mass is 353 g/mol. The number of ether oxygens (including phenoxy) is 1. The normalized spacial score (nSPS) is 27.7. The predicted molar refractivity (Wildman–Crippen MR) is 87.7 cm³/mol. The fraction of sp³-hybridized carbons (Fsp3) is 0.667. The van der Waals surface area contributed by atoms with E-state index in [0.717, 1.165) is 6.42 Å². The van der Waals surface area contributed by atoms with E-state index in [2.05, 4.69) is 20.3 Å². The van der Waals surface area contributed by atoms with Gasteiger partial charge in [0.05, 0.1) is 12.9 Å². The third-order valence-corrected chi connectivity index (χ3v) is 4.39. The lowest BCUT2D eigenvalue weighted by atomic mass is 10.1. The van der Waals surface area contributed by atoms with Gasteiger partial charge in [-0.2, -0.15) is 0 Å². The van der Waals surface area contributed by atoms with Gasteiger partial charge in [0.25, 0.3) is 0 Å². The Morgan fingerprint density at radius 1 is 1.24 bits per heavy atom. The first-order valence-electron chi connectivity index (χ1n) is 8.21. The van der Waals surface area contributed by atoms with Crippen molar-refractivity contribution < 1.29 is 25.2 Å². The summed E-state index contributed by atoms with van der Waals surface area (Å²) in [4.78, 5) is 12.7. The van der Waals surface area contributed by atoms with Crippen LogP contribution >= 0.6 is 0 Å². The smallest absolute Gasteiger partial charge is 0.167 e. The first-order chi connectivity index (χ1) is 12.1. The molecular formula is C15H23N5O5. The highest BCUT2D eigenvalue weighted by Crippen LogP contribution is 2.32. The van der Waals surface area contributed by atoms with Crippen molar-refractivity contribution in [3.8, 4) is 0 Å². The molecule has 2 aromatic rings. The molecule has 0 amide bonds. The third kappa shape index (κ3) is 3.44. The minimum absolute atomic E-state index is 0.126. The first-order valence-corrected chi connectivity index (χ1v) is 8.21. The Morgan fingerprint density at radius 3 is 2.72 bits per heavy atom. The second kappa shape index (κ2) is 7.58. The summed E-state index contributed by atoms with van der Waals surface area (Å²) in [7, 11) is 0. The summed E-state index contributed by atoms with van der Waals surface area (Å²) in [5, 5.41) is 41.5. The van der Waals surface area contributed by atoms with E-state index in [4.69, 9.17) is 9.84 Å². The molecule has 1 aliphatic heterocycles. The number of rotatable bonds is 7. The molecule has 138 valence electrons. The van der Waals surface area contributed by atoms with Gasteiger partial charge in [0.15, 0.2) is 23.2 Å². The van der Waals surface area contributed by atoms with E-state index < -0.39 is 31.1 Å². The molecule has 1 fully saturated rings. The number of aromatic nitrogens is 4. The number of nitrogens with one attached hydrogen (secondary N) is 1. The first kappa shape index (κ1) is 18.0. The van der Waals surface area contributed by atoms with Crippen LogP contribution in [0.3, 0.4) is 0 Å². The Labute approximate surface area is 144 Å². The molecule has 0 aliphatic carbocycles. The van der Waals surface area contributed by atoms with Crippen molar-refractivity contribution >= 4 is 17.0 Å². The van der Waals surface area contributed by atoms with Crippen molar-refractivity contribution in [1.29, 1.82) is 0 Å². The highest BCUT2D eigenvalue weighted by molar-refractivity contribution is 5.82. The van der Waals surface area contributed by atoms with Gasteiger partial charge in [-0.15, -0.1) is 0 Å². The standard InChI is InChI=1S/C15H23N5O5/c1-8(4-21)2-3-16-13-10-14(18-6-17-13)20(7-19-10)15-12(24)11(23)9(5-22)25-15/h6-9,11-12,15,21-24H,2-5H2,1H3,(H,16,17,18)/t8?,9-,11+,12+,15-/m1/s1. The van der Waals surface area contributed by atoms with Crippen molar-refractivity contribution in [1.82, 2.24) is 19.5 Å². The van der Waals surface area contributed by atoms with Gasteiger partial charge in [0, 0.05) is 13.2 Å². The zero-order valence-corrected chi connectivity index (χ0v) is 13.9. The van der Waals surface area contributed by atoms with E-state index >= 15 is 0 Å². The molecule has 0 saturated carbocycles. The minimum atomic E-state index is -1.20. The highest BCUT2D eigenvalue weighted by Gasteiger charge is 2.44. The number of nitrogens with zero attached hydrogens (tertiary/aromatic N) is 4. The van der Waals surface area contributed by atoms with Crippen molar-refractivity contribution in [2.24, 2.45) is 5.92 Å². The second-order valence-corrected chi connectivity index (χ2v) is 6.28. The van der Waals surface area contributed by atoms with Gasteiger partial charge in [-0.05, 0) is 12.3 Å². The Hall–Kier alpha value is -1.85. The third-order valence-electron chi connectivity index (χ3n) is 4.39. The Bertz CT molecular complexity index is 711. The van der Waals surface area contributed by atoms with Crippen LogP contribution in [0.1, 0.15) is 19.6 Å². The van der Waals surface area contributed by atoms with E-state index in [-0.39, 0.29) is 12.5 Å². The summed E-state index contributed by atoms with van der Waals surface area (Å²) in [5.41, 5.74) is 0.958. The van der Waals surface area contributed by atoms with Crippen molar-refractivity contribution in [2.45, 2.75) is 37.9 Å². The summed E-state index contributed by atoms with van der Waals surface area (Å²) < 4.78 is 7.03. The summed E-state index contributed by atoms with van der Waals surface area (Å²) in [6.07, 6.45) is -0.539. The fourth-order valence-electron chi connectivity index (χ4n) is 2.81. The number of aliphatic hydroxyl groups is 4. The number of imidazole rings is 1. The molecule has 0 aromatic carbocycles. The molecule has 0 radical (unpaired) electrons. The van der Waals surface area contributed by atoms with Gasteiger partial charge in [-0.3, -0.25) is 4.57 Å². The second-order valence-electron chi connectivity index (χ2n) is 6.28. The van der Waals surface area contributed by atoms with Crippen LogP contribution in [0.15, 0.2) is 12.7 Å². The van der Waals surface area contributed by atoms with Crippen LogP contribution in [0.5, 0.6) is 0 Å². The van der Waals surface area contributed by atoms with E-state index in [1.165, 1.54) is 17.2 Å². The van der Waals surface area contributed by atoms with Crippen LogP contribution in [-0.4, -0.2) is 78.0 Å². The molecule has 10 nitrogen and oxygen atoms in total. The van der Waals surface area contributed by atoms with Crippen molar-refractivity contribution in [3.05, 3.63) is 12.7 Å². The van der Waals surface area contributed by atoms with Crippen LogP contribution in [-0.2, 0) is 4.74 Å². The van der Waals surface area contributed by atoms with Crippen molar-refractivity contribution in [2.75, 3.05) is 25.1 Å². The summed E-state index contributed by atoms with van der Waals surface area (Å²) >= 11 is 0. The number of hydrogen-bond acceptors (Lipinski definition) is 9. The molecule has 2 aromatic heterocycles. The quantitative estimate of drug-likeness (QED) is 0.417. The zero-order chi connectivity index (χ0) is 18.0. The lowest BCUT2D eigenvalue weighted by Gasteiger charge is -2.16. The number of anilines is 1. The van der Waals surface area contributed by atoms with E-state index in [1.54, 1.807) is 0 Å². The molecule has 25 heavy (non-hydrogen) atoms. The largest absolute Gasteiger partial charge is 0.396 e. The van der Waals surface area contributed by atoms with Crippen LogP contribution < -0.4 is 5.32 Å². The predicted octanol–water partition coefficient (Wildman–Crippen LogP) is -1.13. The molecule has 0 bridgehead atoms. The molecule has 10 heteroatoms. The highest BCUT2D eigenvalue weighted by atomic mass is 16.6. The number of fused-ring (bicyclic) bond motifs is 1. The van der Waals surface area contributed by atoms with Gasteiger partial charge in [-0.25, -0.2) is 15.0 Å². The van der Waals surface area contributed by atoms with Crippen LogP contribution in [0.2, 0.25) is 0 Å². The number of aliphatic hydroxyl groups excluding tert-OH is 4. The zero-order valence-electron chi connectivity index (χ0n) is 13.9. The van der Waals surface area contributed by atoms with Gasteiger partial charge in [-0.1, -0.05) is 6.92 Å². The molecule has 1 saturated heterocycles. The van der Waals surface area contributed by atoms with E-state index in [9.17, 15) is 15.3 Å².